The third-order valence-electron chi connectivity index (χ3n) is 2.43. The summed E-state index contributed by atoms with van der Waals surface area (Å²) in [7, 11) is -2.22. The number of sulfonamides is 1. The lowest BCUT2D eigenvalue weighted by molar-refractivity contribution is -0.131. The van der Waals surface area contributed by atoms with Crippen LogP contribution in [0, 0.1) is 0 Å². The van der Waals surface area contributed by atoms with Gasteiger partial charge in [0.05, 0.1) is 6.10 Å². The first-order valence-corrected chi connectivity index (χ1v) is 7.22. The Balaban J connectivity index is 2.90. The Morgan fingerprint density at radius 1 is 1.55 bits per heavy atom. The molecule has 20 heavy (non-hydrogen) atoms. The number of rotatable bonds is 7. The molecule has 1 rings (SSSR count). The quantitative estimate of drug-likeness (QED) is 0.710. The number of hydrogen-bond donors (Lipinski definition) is 2. The summed E-state index contributed by atoms with van der Waals surface area (Å²) in [5, 5.41) is 8.52. The van der Waals surface area contributed by atoms with Crippen LogP contribution in [0.5, 0.6) is 0 Å². The SMILES string of the molecule is COC(C)CNS(=O)(=O)c1cncc(/C=C/C(=O)O)c1. The standard InChI is InChI=1S/C12H16N2O5S/c1-9(19-2)6-14-20(17,18)11-5-10(7-13-8-11)3-4-12(15)16/h3-5,7-9,14H,6H2,1-2H3,(H,15,16)/b4-3+. The lowest BCUT2D eigenvalue weighted by atomic mass is 10.2. The molecular weight excluding hydrogens is 284 g/mol. The van der Waals surface area contributed by atoms with Gasteiger partial charge in [-0.1, -0.05) is 0 Å². The molecule has 1 atom stereocenters. The number of ether oxygens (including phenoxy) is 1. The Bertz CT molecular complexity index is 598. The average Bonchev–Trinajstić information content (AvgIpc) is 2.43. The van der Waals surface area contributed by atoms with E-state index in [0.29, 0.717) is 5.56 Å². The Hall–Kier alpha value is -1.77. The molecule has 0 aliphatic heterocycles. The van der Waals surface area contributed by atoms with Gasteiger partial charge in [-0.25, -0.2) is 17.9 Å². The molecule has 1 heterocycles. The molecule has 0 fully saturated rings. The van der Waals surface area contributed by atoms with E-state index in [0.717, 1.165) is 6.08 Å². The van der Waals surface area contributed by atoms with Crippen LogP contribution in [0.15, 0.2) is 29.4 Å². The zero-order chi connectivity index (χ0) is 15.2. The first-order chi connectivity index (χ1) is 9.35. The van der Waals surface area contributed by atoms with Crippen molar-refractivity contribution >= 4 is 22.1 Å². The molecule has 0 bridgehead atoms. The molecule has 2 N–H and O–H groups in total. The van der Waals surface area contributed by atoms with Crippen molar-refractivity contribution in [2.45, 2.75) is 17.9 Å². The Labute approximate surface area is 117 Å². The lowest BCUT2D eigenvalue weighted by Gasteiger charge is -2.11. The van der Waals surface area contributed by atoms with E-state index < -0.39 is 16.0 Å². The molecule has 1 unspecified atom stereocenters. The van der Waals surface area contributed by atoms with Crippen LogP contribution in [0.25, 0.3) is 6.08 Å². The van der Waals surface area contributed by atoms with Crippen LogP contribution in [0.4, 0.5) is 0 Å². The summed E-state index contributed by atoms with van der Waals surface area (Å²) in [5.41, 5.74) is 0.384. The van der Waals surface area contributed by atoms with E-state index in [9.17, 15) is 13.2 Å². The van der Waals surface area contributed by atoms with E-state index in [1.807, 2.05) is 0 Å². The number of carboxylic acids is 1. The van der Waals surface area contributed by atoms with Crippen LogP contribution < -0.4 is 4.72 Å². The maximum absolute atomic E-state index is 12.0. The van der Waals surface area contributed by atoms with Gasteiger partial charge in [0.15, 0.2) is 0 Å². The zero-order valence-corrected chi connectivity index (χ0v) is 11.9. The number of methoxy groups -OCH3 is 1. The molecule has 0 aliphatic rings. The van der Waals surface area contributed by atoms with Crippen molar-refractivity contribution in [1.29, 1.82) is 0 Å². The average molecular weight is 300 g/mol. The fourth-order valence-corrected chi connectivity index (χ4v) is 2.35. The molecule has 0 amide bonds. The van der Waals surface area contributed by atoms with Crippen LogP contribution in [0.3, 0.4) is 0 Å². The number of hydrogen-bond acceptors (Lipinski definition) is 5. The topological polar surface area (TPSA) is 106 Å². The van der Waals surface area contributed by atoms with Crippen molar-refractivity contribution in [2.24, 2.45) is 0 Å². The Morgan fingerprint density at radius 3 is 2.85 bits per heavy atom. The van der Waals surface area contributed by atoms with Gasteiger partial charge in [-0.3, -0.25) is 4.98 Å². The highest BCUT2D eigenvalue weighted by Crippen LogP contribution is 2.11. The number of carboxylic acid groups (broad SMARTS) is 1. The van der Waals surface area contributed by atoms with Crippen molar-refractivity contribution in [2.75, 3.05) is 13.7 Å². The second-order valence-electron chi connectivity index (χ2n) is 4.02. The second kappa shape index (κ2) is 7.13. The van der Waals surface area contributed by atoms with Crippen LogP contribution in [0.1, 0.15) is 12.5 Å². The maximum atomic E-state index is 12.0. The fraction of sp³-hybridized carbons (Fsp3) is 0.333. The summed E-state index contributed by atoms with van der Waals surface area (Å²) >= 11 is 0. The molecule has 0 saturated heterocycles. The third-order valence-corrected chi connectivity index (χ3v) is 3.82. The third kappa shape index (κ3) is 5.08. The highest BCUT2D eigenvalue weighted by atomic mass is 32.2. The summed E-state index contributed by atoms with van der Waals surface area (Å²) < 4.78 is 31.3. The van der Waals surface area contributed by atoms with Crippen molar-refractivity contribution in [3.8, 4) is 0 Å². The predicted molar refractivity (Wildman–Crippen MR) is 72.6 cm³/mol. The van der Waals surface area contributed by atoms with Gasteiger partial charge < -0.3 is 9.84 Å². The van der Waals surface area contributed by atoms with Crippen LogP contribution >= 0.6 is 0 Å². The van der Waals surface area contributed by atoms with E-state index in [-0.39, 0.29) is 17.5 Å². The molecule has 7 nitrogen and oxygen atoms in total. The first-order valence-electron chi connectivity index (χ1n) is 5.73. The largest absolute Gasteiger partial charge is 0.478 e. The Kier molecular flexibility index (Phi) is 5.81. The van der Waals surface area contributed by atoms with Crippen molar-refractivity contribution in [3.63, 3.8) is 0 Å². The molecule has 0 radical (unpaired) electrons. The molecule has 8 heteroatoms. The van der Waals surface area contributed by atoms with Gasteiger partial charge in [0, 0.05) is 32.1 Å². The number of carbonyl (C=O) groups is 1. The number of aromatic nitrogens is 1. The normalized spacial score (nSPS) is 13.5. The molecule has 0 spiro atoms. The zero-order valence-electron chi connectivity index (χ0n) is 11.1. The highest BCUT2D eigenvalue weighted by Gasteiger charge is 2.15. The summed E-state index contributed by atoms with van der Waals surface area (Å²) in [6.07, 6.45) is 4.49. The number of aliphatic carboxylic acids is 1. The van der Waals surface area contributed by atoms with Gasteiger partial charge in [0.1, 0.15) is 4.90 Å². The van der Waals surface area contributed by atoms with Gasteiger partial charge in [-0.2, -0.15) is 0 Å². The van der Waals surface area contributed by atoms with E-state index in [2.05, 4.69) is 9.71 Å². The van der Waals surface area contributed by atoms with Crippen molar-refractivity contribution in [3.05, 3.63) is 30.1 Å². The van der Waals surface area contributed by atoms with Gasteiger partial charge in [-0.15, -0.1) is 0 Å². The van der Waals surface area contributed by atoms with E-state index in [1.54, 1.807) is 6.92 Å². The van der Waals surface area contributed by atoms with E-state index in [4.69, 9.17) is 9.84 Å². The summed E-state index contributed by atoms with van der Waals surface area (Å²) in [5.74, 6) is -1.12. The number of nitrogens with zero attached hydrogens (tertiary/aromatic N) is 1. The molecule has 1 aromatic rings. The van der Waals surface area contributed by atoms with Crippen LogP contribution in [-0.4, -0.2) is 44.2 Å². The highest BCUT2D eigenvalue weighted by molar-refractivity contribution is 7.89. The number of nitrogens with one attached hydrogen (secondary N) is 1. The van der Waals surface area contributed by atoms with Crippen LogP contribution in [0.2, 0.25) is 0 Å². The Morgan fingerprint density at radius 2 is 2.25 bits per heavy atom. The smallest absolute Gasteiger partial charge is 0.328 e. The fourth-order valence-electron chi connectivity index (χ4n) is 1.23. The monoisotopic (exact) mass is 300 g/mol. The minimum atomic E-state index is -3.70. The van der Waals surface area contributed by atoms with Crippen molar-refractivity contribution in [1.82, 2.24) is 9.71 Å². The van der Waals surface area contributed by atoms with Crippen LogP contribution in [-0.2, 0) is 19.6 Å². The number of pyridine rings is 1. The molecule has 0 aromatic carbocycles. The van der Waals surface area contributed by atoms with Gasteiger partial charge in [-0.05, 0) is 24.6 Å². The van der Waals surface area contributed by atoms with E-state index in [1.165, 1.54) is 31.6 Å². The van der Waals surface area contributed by atoms with Gasteiger partial charge >= 0.3 is 5.97 Å². The lowest BCUT2D eigenvalue weighted by Crippen LogP contribution is -2.31. The molecule has 0 saturated carbocycles. The maximum Gasteiger partial charge on any atom is 0.328 e. The second-order valence-corrected chi connectivity index (χ2v) is 5.79. The summed E-state index contributed by atoms with van der Waals surface area (Å²) in [6.45, 7) is 1.86. The molecule has 110 valence electrons. The molecule has 1 aromatic heterocycles. The van der Waals surface area contributed by atoms with Gasteiger partial charge in [0.2, 0.25) is 10.0 Å². The molecular formula is C12H16N2O5S. The first kappa shape index (κ1) is 16.3. The minimum absolute atomic E-state index is 0.0339. The van der Waals surface area contributed by atoms with Gasteiger partial charge in [0.25, 0.3) is 0 Å². The summed E-state index contributed by atoms with van der Waals surface area (Å²) in [4.78, 5) is 14.2. The van der Waals surface area contributed by atoms with E-state index >= 15 is 0 Å². The minimum Gasteiger partial charge on any atom is -0.478 e. The van der Waals surface area contributed by atoms with Crippen molar-refractivity contribution < 1.29 is 23.1 Å². The molecule has 0 aliphatic carbocycles. The summed E-state index contributed by atoms with van der Waals surface area (Å²) in [6, 6.07) is 1.34. The predicted octanol–water partition coefficient (Wildman–Crippen LogP) is 0.493.